The first kappa shape index (κ1) is 9.84. The van der Waals surface area contributed by atoms with Gasteiger partial charge in [-0.3, -0.25) is 4.79 Å². The van der Waals surface area contributed by atoms with Crippen LogP contribution in [0.15, 0.2) is 17.5 Å². The van der Waals surface area contributed by atoms with E-state index in [0.29, 0.717) is 17.3 Å². The Bertz CT molecular complexity index is 442. The molecule has 2 aliphatic rings. The summed E-state index contributed by atoms with van der Waals surface area (Å²) in [6.07, 6.45) is 0.963. The van der Waals surface area contributed by atoms with Gasteiger partial charge in [-0.1, -0.05) is 6.07 Å². The fourth-order valence-corrected chi connectivity index (χ4v) is 3.21. The first-order valence-electron chi connectivity index (χ1n) is 5.26. The van der Waals surface area contributed by atoms with Gasteiger partial charge < -0.3 is 10.0 Å². The molecular formula is C11H11NO3S. The highest BCUT2D eigenvalue weighted by Gasteiger charge is 2.57. The predicted octanol–water partition coefficient (Wildman–Crippen LogP) is 1.29. The molecule has 1 aliphatic heterocycles. The molecule has 0 aromatic carbocycles. The molecule has 3 rings (SSSR count). The molecule has 1 aliphatic carbocycles. The minimum Gasteiger partial charge on any atom is -0.480 e. The maximum absolute atomic E-state index is 12.1. The van der Waals surface area contributed by atoms with Crippen molar-refractivity contribution in [1.29, 1.82) is 0 Å². The molecule has 0 spiro atoms. The van der Waals surface area contributed by atoms with E-state index in [0.717, 1.165) is 6.42 Å². The molecule has 0 bridgehead atoms. The van der Waals surface area contributed by atoms with Crippen molar-refractivity contribution >= 4 is 23.2 Å². The van der Waals surface area contributed by atoms with E-state index in [1.165, 1.54) is 16.2 Å². The monoisotopic (exact) mass is 237 g/mol. The number of aliphatic carboxylic acids is 1. The van der Waals surface area contributed by atoms with E-state index < -0.39 is 12.0 Å². The second-order valence-corrected chi connectivity index (χ2v) is 5.33. The van der Waals surface area contributed by atoms with E-state index in [2.05, 4.69) is 0 Å². The third kappa shape index (κ3) is 1.35. The molecule has 1 saturated carbocycles. The third-order valence-electron chi connectivity index (χ3n) is 3.40. The van der Waals surface area contributed by atoms with Crippen molar-refractivity contribution in [2.45, 2.75) is 12.5 Å². The lowest BCUT2D eigenvalue weighted by Crippen LogP contribution is -2.43. The quantitative estimate of drug-likeness (QED) is 0.843. The number of nitrogens with zero attached hydrogens (tertiary/aromatic N) is 1. The number of rotatable bonds is 2. The van der Waals surface area contributed by atoms with Crippen LogP contribution >= 0.6 is 11.3 Å². The molecule has 2 heterocycles. The van der Waals surface area contributed by atoms with Gasteiger partial charge in [0.1, 0.15) is 6.04 Å². The van der Waals surface area contributed by atoms with Gasteiger partial charge in [0.15, 0.2) is 0 Å². The van der Waals surface area contributed by atoms with E-state index in [1.807, 2.05) is 11.4 Å². The zero-order valence-electron chi connectivity index (χ0n) is 8.50. The molecule has 1 saturated heterocycles. The fourth-order valence-electron chi connectivity index (χ4n) is 2.53. The van der Waals surface area contributed by atoms with Crippen LogP contribution in [-0.4, -0.2) is 34.5 Å². The zero-order chi connectivity index (χ0) is 11.3. The van der Waals surface area contributed by atoms with Gasteiger partial charge >= 0.3 is 5.97 Å². The van der Waals surface area contributed by atoms with Crippen molar-refractivity contribution in [3.8, 4) is 0 Å². The number of fused-ring (bicyclic) bond motifs is 1. The summed E-state index contributed by atoms with van der Waals surface area (Å²) in [6.45, 7) is 0.609. The van der Waals surface area contributed by atoms with E-state index >= 15 is 0 Å². The zero-order valence-corrected chi connectivity index (χ0v) is 9.31. The van der Waals surface area contributed by atoms with Gasteiger partial charge in [-0.25, -0.2) is 4.79 Å². The number of hydrogen-bond donors (Lipinski definition) is 1. The molecule has 1 N–H and O–H groups in total. The van der Waals surface area contributed by atoms with Crippen molar-refractivity contribution in [3.63, 3.8) is 0 Å². The maximum Gasteiger partial charge on any atom is 0.326 e. The number of likely N-dealkylation sites (tertiary alicyclic amines) is 1. The molecular weight excluding hydrogens is 226 g/mol. The highest BCUT2D eigenvalue weighted by atomic mass is 32.1. The van der Waals surface area contributed by atoms with Crippen molar-refractivity contribution in [3.05, 3.63) is 22.4 Å². The summed E-state index contributed by atoms with van der Waals surface area (Å²) in [5, 5.41) is 11.0. The predicted molar refractivity (Wildman–Crippen MR) is 58.4 cm³/mol. The van der Waals surface area contributed by atoms with Crippen LogP contribution in [0.5, 0.6) is 0 Å². The molecule has 3 atom stereocenters. The Kier molecular flexibility index (Phi) is 2.04. The van der Waals surface area contributed by atoms with Gasteiger partial charge in [-0.15, -0.1) is 11.3 Å². The van der Waals surface area contributed by atoms with E-state index in [9.17, 15) is 9.59 Å². The number of carboxylic acids is 1. The fraction of sp³-hybridized carbons (Fsp3) is 0.455. The summed E-state index contributed by atoms with van der Waals surface area (Å²) >= 11 is 1.36. The average Bonchev–Trinajstić information content (AvgIpc) is 2.72. The average molecular weight is 237 g/mol. The lowest BCUT2D eigenvalue weighted by atomic mass is 10.2. The van der Waals surface area contributed by atoms with E-state index in [-0.39, 0.29) is 11.8 Å². The summed E-state index contributed by atoms with van der Waals surface area (Å²) in [7, 11) is 0. The minimum absolute atomic E-state index is 0.130. The number of thiophene rings is 1. The van der Waals surface area contributed by atoms with Crippen LogP contribution in [-0.2, 0) is 4.79 Å². The van der Waals surface area contributed by atoms with Crippen LogP contribution < -0.4 is 0 Å². The molecule has 4 nitrogen and oxygen atoms in total. The third-order valence-corrected chi connectivity index (χ3v) is 4.25. The number of carbonyl (C=O) groups excluding carboxylic acids is 1. The number of amides is 1. The van der Waals surface area contributed by atoms with Crippen molar-refractivity contribution in [1.82, 2.24) is 4.90 Å². The molecule has 0 radical (unpaired) electrons. The first-order chi connectivity index (χ1) is 7.68. The summed E-state index contributed by atoms with van der Waals surface area (Å²) < 4.78 is 0. The largest absolute Gasteiger partial charge is 0.480 e. The van der Waals surface area contributed by atoms with E-state index in [4.69, 9.17) is 5.11 Å². The smallest absolute Gasteiger partial charge is 0.326 e. The van der Waals surface area contributed by atoms with Crippen LogP contribution in [0.25, 0.3) is 0 Å². The van der Waals surface area contributed by atoms with Crippen LogP contribution in [0.3, 0.4) is 0 Å². The summed E-state index contributed by atoms with van der Waals surface area (Å²) in [6, 6.07) is 2.96. The highest BCUT2D eigenvalue weighted by Crippen LogP contribution is 2.50. The number of piperidine rings is 1. The Balaban J connectivity index is 1.85. The van der Waals surface area contributed by atoms with Gasteiger partial charge in [0.05, 0.1) is 4.88 Å². The topological polar surface area (TPSA) is 57.6 Å². The second kappa shape index (κ2) is 3.31. The van der Waals surface area contributed by atoms with Crippen molar-refractivity contribution < 1.29 is 14.7 Å². The molecule has 5 heteroatoms. The summed E-state index contributed by atoms with van der Waals surface area (Å²) in [5.74, 6) is -0.379. The first-order valence-corrected chi connectivity index (χ1v) is 6.13. The SMILES string of the molecule is O=C(O)[C@H]1[C@H]2C[C@H]2CN1C(=O)c1cccs1. The van der Waals surface area contributed by atoms with Crippen LogP contribution in [0.4, 0.5) is 0 Å². The Morgan fingerprint density at radius 2 is 2.31 bits per heavy atom. The number of carboxylic acid groups (broad SMARTS) is 1. The summed E-state index contributed by atoms with van der Waals surface area (Å²) in [4.78, 5) is 25.3. The van der Waals surface area contributed by atoms with Gasteiger partial charge in [0.2, 0.25) is 0 Å². The molecule has 16 heavy (non-hydrogen) atoms. The van der Waals surface area contributed by atoms with Gasteiger partial charge in [0, 0.05) is 6.54 Å². The molecule has 0 unspecified atom stereocenters. The Morgan fingerprint density at radius 3 is 2.94 bits per heavy atom. The minimum atomic E-state index is -0.866. The molecule has 2 fully saturated rings. The lowest BCUT2D eigenvalue weighted by Gasteiger charge is -2.23. The Morgan fingerprint density at radius 1 is 1.50 bits per heavy atom. The lowest BCUT2D eigenvalue weighted by molar-refractivity contribution is -0.142. The molecule has 1 aromatic heterocycles. The van der Waals surface area contributed by atoms with Crippen molar-refractivity contribution in [2.75, 3.05) is 6.54 Å². The standard InChI is InChI=1S/C11H11NO3S/c13-10(8-2-1-3-16-8)12-5-6-4-7(6)9(12)11(14)15/h1-3,6-7,9H,4-5H2,(H,14,15)/t6-,7-,9+/m0/s1. The number of carbonyl (C=O) groups is 2. The highest BCUT2D eigenvalue weighted by molar-refractivity contribution is 7.12. The number of hydrogen-bond acceptors (Lipinski definition) is 3. The van der Waals surface area contributed by atoms with Gasteiger partial charge in [-0.05, 0) is 29.7 Å². The molecule has 1 amide bonds. The van der Waals surface area contributed by atoms with Crippen LogP contribution in [0.1, 0.15) is 16.1 Å². The maximum atomic E-state index is 12.1. The Hall–Kier alpha value is -1.36. The van der Waals surface area contributed by atoms with Crippen LogP contribution in [0.2, 0.25) is 0 Å². The summed E-state index contributed by atoms with van der Waals surface area (Å²) in [5.41, 5.74) is 0. The molecule has 1 aromatic rings. The van der Waals surface area contributed by atoms with Crippen molar-refractivity contribution in [2.24, 2.45) is 11.8 Å². The van der Waals surface area contributed by atoms with Gasteiger partial charge in [0.25, 0.3) is 5.91 Å². The second-order valence-electron chi connectivity index (χ2n) is 4.38. The van der Waals surface area contributed by atoms with Gasteiger partial charge in [-0.2, -0.15) is 0 Å². The Labute approximate surface area is 96.5 Å². The normalized spacial score (nSPS) is 31.2. The molecule has 84 valence electrons. The van der Waals surface area contributed by atoms with Crippen LogP contribution in [0, 0.1) is 11.8 Å². The van der Waals surface area contributed by atoms with E-state index in [1.54, 1.807) is 6.07 Å².